The number of nitrogens with two attached hydrogens (primary N) is 1. The zero-order valence-electron chi connectivity index (χ0n) is 8.73. The highest BCUT2D eigenvalue weighted by atomic mass is 16.1. The third-order valence-electron chi connectivity index (χ3n) is 2.13. The summed E-state index contributed by atoms with van der Waals surface area (Å²) in [6.07, 6.45) is 5.08. The van der Waals surface area contributed by atoms with Gasteiger partial charge in [-0.2, -0.15) is 5.10 Å². The zero-order chi connectivity index (χ0) is 10.6. The molecule has 0 aromatic carbocycles. The third-order valence-corrected chi connectivity index (χ3v) is 2.13. The first-order chi connectivity index (χ1) is 6.59. The zero-order valence-corrected chi connectivity index (χ0v) is 8.73. The van der Waals surface area contributed by atoms with Gasteiger partial charge in [0.05, 0.1) is 6.20 Å². The third kappa shape index (κ3) is 3.20. The Labute approximate surface area is 84.1 Å². The Kier molecular flexibility index (Phi) is 3.68. The molecule has 4 nitrogen and oxygen atoms in total. The second-order valence-corrected chi connectivity index (χ2v) is 3.76. The Morgan fingerprint density at radius 2 is 2.36 bits per heavy atom. The molecule has 1 aromatic heterocycles. The van der Waals surface area contributed by atoms with Gasteiger partial charge in [0.1, 0.15) is 0 Å². The Bertz CT molecular complexity index is 304. The van der Waals surface area contributed by atoms with Gasteiger partial charge in [0.25, 0.3) is 0 Å². The van der Waals surface area contributed by atoms with Crippen molar-refractivity contribution < 1.29 is 4.79 Å². The number of aromatic nitrogens is 2. The second-order valence-electron chi connectivity index (χ2n) is 3.76. The molecule has 0 atom stereocenters. The summed E-state index contributed by atoms with van der Waals surface area (Å²) in [5, 5.41) is 4.20. The van der Waals surface area contributed by atoms with Gasteiger partial charge < -0.3 is 5.73 Å². The highest BCUT2D eigenvalue weighted by Gasteiger charge is 2.02. The molecule has 0 radical (unpaired) electrons. The molecule has 0 aliphatic carbocycles. The summed E-state index contributed by atoms with van der Waals surface area (Å²) in [6, 6.07) is 0. The molecule has 1 rings (SSSR count). The predicted octanol–water partition coefficient (Wildman–Crippen LogP) is 1.27. The lowest BCUT2D eigenvalue weighted by atomic mass is 10.1. The van der Waals surface area contributed by atoms with Crippen molar-refractivity contribution in [1.82, 2.24) is 9.78 Å². The van der Waals surface area contributed by atoms with Crippen LogP contribution >= 0.6 is 0 Å². The standard InChI is InChI=1S/C10H17N3O/c1-8(2)9-6-12-13(7-9)5-3-4-10(11)14/h6-8H,3-5H2,1-2H3,(H2,11,14). The van der Waals surface area contributed by atoms with Crippen molar-refractivity contribution in [2.24, 2.45) is 5.73 Å². The Morgan fingerprint density at radius 1 is 1.64 bits per heavy atom. The van der Waals surface area contributed by atoms with Gasteiger partial charge in [-0.1, -0.05) is 13.8 Å². The van der Waals surface area contributed by atoms with Crippen LogP contribution in [0.1, 0.15) is 38.2 Å². The van der Waals surface area contributed by atoms with Crippen LogP contribution in [0.5, 0.6) is 0 Å². The number of nitrogens with zero attached hydrogens (tertiary/aromatic N) is 2. The summed E-state index contributed by atoms with van der Waals surface area (Å²) in [5.74, 6) is 0.251. The average Bonchev–Trinajstić information content (AvgIpc) is 2.52. The molecular weight excluding hydrogens is 178 g/mol. The molecular formula is C10H17N3O. The number of aryl methyl sites for hydroxylation is 1. The van der Waals surface area contributed by atoms with Crippen molar-refractivity contribution in [1.29, 1.82) is 0 Å². The van der Waals surface area contributed by atoms with E-state index in [2.05, 4.69) is 18.9 Å². The van der Waals surface area contributed by atoms with Gasteiger partial charge in [0, 0.05) is 19.2 Å². The lowest BCUT2D eigenvalue weighted by molar-refractivity contribution is -0.118. The van der Waals surface area contributed by atoms with Crippen LogP contribution in [-0.4, -0.2) is 15.7 Å². The van der Waals surface area contributed by atoms with E-state index in [9.17, 15) is 4.79 Å². The summed E-state index contributed by atoms with van der Waals surface area (Å²) >= 11 is 0. The lowest BCUT2D eigenvalue weighted by Gasteiger charge is -2.00. The molecule has 1 amide bonds. The molecule has 0 saturated heterocycles. The van der Waals surface area contributed by atoms with E-state index in [1.54, 1.807) is 0 Å². The normalized spacial score (nSPS) is 10.8. The van der Waals surface area contributed by atoms with Gasteiger partial charge >= 0.3 is 0 Å². The summed E-state index contributed by atoms with van der Waals surface area (Å²) in [6.45, 7) is 5.02. The van der Waals surface area contributed by atoms with E-state index in [0.29, 0.717) is 12.3 Å². The number of rotatable bonds is 5. The largest absolute Gasteiger partial charge is 0.370 e. The Morgan fingerprint density at radius 3 is 2.86 bits per heavy atom. The number of amides is 1. The molecule has 0 aliphatic rings. The van der Waals surface area contributed by atoms with E-state index in [4.69, 9.17) is 5.73 Å². The molecule has 0 spiro atoms. The summed E-state index contributed by atoms with van der Waals surface area (Å²) in [5.41, 5.74) is 6.27. The maximum absolute atomic E-state index is 10.5. The molecule has 0 fully saturated rings. The molecule has 2 N–H and O–H groups in total. The molecule has 4 heteroatoms. The van der Waals surface area contributed by atoms with Crippen molar-refractivity contribution in [3.63, 3.8) is 0 Å². The molecule has 14 heavy (non-hydrogen) atoms. The van der Waals surface area contributed by atoms with Crippen LogP contribution in [0.3, 0.4) is 0 Å². The Hall–Kier alpha value is -1.32. The molecule has 1 aromatic rings. The number of carbonyl (C=O) groups excluding carboxylic acids is 1. The SMILES string of the molecule is CC(C)c1cnn(CCCC(N)=O)c1. The molecule has 0 saturated carbocycles. The second kappa shape index (κ2) is 4.79. The van der Waals surface area contributed by atoms with E-state index in [1.165, 1.54) is 5.56 Å². The highest BCUT2D eigenvalue weighted by molar-refractivity contribution is 5.73. The maximum Gasteiger partial charge on any atom is 0.217 e. The van der Waals surface area contributed by atoms with Gasteiger partial charge in [-0.3, -0.25) is 9.48 Å². The average molecular weight is 195 g/mol. The minimum atomic E-state index is -0.249. The van der Waals surface area contributed by atoms with Crippen LogP contribution < -0.4 is 5.73 Å². The van der Waals surface area contributed by atoms with Crippen molar-refractivity contribution in [3.05, 3.63) is 18.0 Å². The minimum Gasteiger partial charge on any atom is -0.370 e. The van der Waals surface area contributed by atoms with Crippen molar-refractivity contribution >= 4 is 5.91 Å². The van der Waals surface area contributed by atoms with Crippen LogP contribution in [-0.2, 0) is 11.3 Å². The summed E-state index contributed by atoms with van der Waals surface area (Å²) in [7, 11) is 0. The first kappa shape index (κ1) is 10.8. The fourth-order valence-corrected chi connectivity index (χ4v) is 1.22. The molecule has 0 bridgehead atoms. The van der Waals surface area contributed by atoms with Crippen LogP contribution in [0.15, 0.2) is 12.4 Å². The molecule has 78 valence electrons. The molecule has 1 heterocycles. The van der Waals surface area contributed by atoms with Crippen molar-refractivity contribution in [2.45, 2.75) is 39.2 Å². The first-order valence-corrected chi connectivity index (χ1v) is 4.90. The Balaban J connectivity index is 2.40. The van der Waals surface area contributed by atoms with Crippen molar-refractivity contribution in [2.75, 3.05) is 0 Å². The van der Waals surface area contributed by atoms with Crippen LogP contribution in [0.4, 0.5) is 0 Å². The van der Waals surface area contributed by atoms with E-state index in [0.717, 1.165) is 13.0 Å². The predicted molar refractivity (Wildman–Crippen MR) is 54.7 cm³/mol. The minimum absolute atomic E-state index is 0.249. The van der Waals surface area contributed by atoms with Crippen LogP contribution in [0.25, 0.3) is 0 Å². The number of carbonyl (C=O) groups is 1. The first-order valence-electron chi connectivity index (χ1n) is 4.90. The number of primary amides is 1. The molecule has 0 unspecified atom stereocenters. The van der Waals surface area contributed by atoms with Gasteiger partial charge in [0.2, 0.25) is 5.91 Å². The smallest absolute Gasteiger partial charge is 0.217 e. The van der Waals surface area contributed by atoms with Crippen LogP contribution in [0.2, 0.25) is 0 Å². The van der Waals surface area contributed by atoms with E-state index >= 15 is 0 Å². The number of hydrogen-bond acceptors (Lipinski definition) is 2. The van der Waals surface area contributed by atoms with Gasteiger partial charge in [-0.25, -0.2) is 0 Å². The molecule has 0 aliphatic heterocycles. The number of hydrogen-bond donors (Lipinski definition) is 1. The quantitative estimate of drug-likeness (QED) is 0.769. The van der Waals surface area contributed by atoms with E-state index < -0.39 is 0 Å². The van der Waals surface area contributed by atoms with Gasteiger partial charge in [-0.05, 0) is 17.9 Å². The summed E-state index contributed by atoms with van der Waals surface area (Å²) < 4.78 is 1.86. The maximum atomic E-state index is 10.5. The van der Waals surface area contributed by atoms with Gasteiger partial charge in [-0.15, -0.1) is 0 Å². The van der Waals surface area contributed by atoms with Crippen molar-refractivity contribution in [3.8, 4) is 0 Å². The fourth-order valence-electron chi connectivity index (χ4n) is 1.22. The highest BCUT2D eigenvalue weighted by Crippen LogP contribution is 2.12. The topological polar surface area (TPSA) is 60.9 Å². The lowest BCUT2D eigenvalue weighted by Crippen LogP contribution is -2.11. The van der Waals surface area contributed by atoms with Gasteiger partial charge in [0.15, 0.2) is 0 Å². The van der Waals surface area contributed by atoms with E-state index in [-0.39, 0.29) is 5.91 Å². The monoisotopic (exact) mass is 195 g/mol. The fraction of sp³-hybridized carbons (Fsp3) is 0.600. The van der Waals surface area contributed by atoms with Crippen LogP contribution in [0, 0.1) is 0 Å². The van der Waals surface area contributed by atoms with E-state index in [1.807, 2.05) is 17.1 Å². The summed E-state index contributed by atoms with van der Waals surface area (Å²) in [4.78, 5) is 10.5.